The summed E-state index contributed by atoms with van der Waals surface area (Å²) in [6, 6.07) is 0. The Labute approximate surface area is 336 Å². The Morgan fingerprint density at radius 2 is 0.345 bits per heavy atom. The SMILES string of the molecule is CS(C)=O.CS(C)=O.CS(C)=O.CS(C)=O.CS(C)=O.CS(C)=O.O=S(=O)([N-]S(=O)(=O)C(F)(F)F)C(F)(F)F.O=S(=O)([N-]S(=O)(=O)C(F)(F)F)C(F)(F)F.[Co+2]. The molecule has 0 saturated heterocycles. The van der Waals surface area contributed by atoms with Crippen LogP contribution in [0.15, 0.2) is 0 Å². The van der Waals surface area contributed by atoms with Crippen LogP contribution in [0.25, 0.3) is 8.25 Å². The summed E-state index contributed by atoms with van der Waals surface area (Å²) in [4.78, 5) is 0. The maximum Gasteiger partial charge on any atom is 2.00 e. The molecule has 0 aliphatic rings. The summed E-state index contributed by atoms with van der Waals surface area (Å²) >= 11 is 0. The summed E-state index contributed by atoms with van der Waals surface area (Å²) in [6.45, 7) is 0. The van der Waals surface area contributed by atoms with E-state index >= 15 is 0 Å². The molecule has 39 heteroatoms. The number of nitrogens with zero attached hydrogens (tertiary/aromatic N) is 2. The van der Waals surface area contributed by atoms with Gasteiger partial charge in [-0.2, -0.15) is 52.7 Å². The fraction of sp³-hybridized carbons (Fsp3) is 1.00. The van der Waals surface area contributed by atoms with Crippen molar-refractivity contribution in [2.45, 2.75) is 22.0 Å². The summed E-state index contributed by atoms with van der Waals surface area (Å²) in [5, 5.41) is 0. The van der Waals surface area contributed by atoms with Gasteiger partial charge in [-0.25, -0.2) is 33.7 Å². The first kappa shape index (κ1) is 76.0. The maximum absolute atomic E-state index is 11.4. The maximum atomic E-state index is 11.4. The molecule has 347 valence electrons. The third-order valence-corrected chi connectivity index (χ3v) is 7.04. The zero-order valence-electron chi connectivity index (χ0n) is 29.6. The Kier molecular flexibility index (Phi) is 45.7. The Morgan fingerprint density at radius 1 is 0.291 bits per heavy atom. The first-order chi connectivity index (χ1) is 22.8. The van der Waals surface area contributed by atoms with Crippen LogP contribution in [0.5, 0.6) is 0 Å². The second-order valence-corrected chi connectivity index (χ2v) is 24.0. The molecule has 0 fully saturated rings. The van der Waals surface area contributed by atoms with E-state index in [9.17, 15) is 112 Å². The van der Waals surface area contributed by atoms with Gasteiger partial charge in [0, 0.05) is 140 Å². The van der Waals surface area contributed by atoms with Crippen molar-refractivity contribution in [1.82, 2.24) is 0 Å². The molecule has 1 radical (unpaired) electrons. The second-order valence-electron chi connectivity index (χ2n) is 8.28. The average molecular weight is 1090 g/mol. The predicted octanol–water partition coefficient (Wildman–Crippen LogP) is 2.08. The van der Waals surface area contributed by atoms with Crippen LogP contribution in [0.2, 0.25) is 0 Å². The third kappa shape index (κ3) is 63.7. The normalized spacial score (nSPS) is 12.2. The van der Waals surface area contributed by atoms with Crippen molar-refractivity contribution >= 4 is 105 Å². The molecule has 0 aromatic heterocycles. The van der Waals surface area contributed by atoms with Gasteiger partial charge < -0.3 is 8.25 Å². The van der Waals surface area contributed by atoms with Gasteiger partial charge in [0.05, 0.1) is 0 Å². The molecular formula is C16H36CoF12N2O14S10. The van der Waals surface area contributed by atoms with Crippen molar-refractivity contribution in [2.24, 2.45) is 0 Å². The van der Waals surface area contributed by atoms with E-state index in [0.717, 1.165) is 8.25 Å². The smallest absolute Gasteiger partial charge is 0.421 e. The molecule has 0 atom stereocenters. The number of sulfonamides is 4. The zero-order chi connectivity index (χ0) is 46.9. The minimum Gasteiger partial charge on any atom is -0.421 e. The van der Waals surface area contributed by atoms with Crippen molar-refractivity contribution in [3.05, 3.63) is 8.25 Å². The molecule has 0 aromatic carbocycles. The zero-order valence-corrected chi connectivity index (χ0v) is 38.8. The fourth-order valence-electron chi connectivity index (χ4n) is 0.427. The van der Waals surface area contributed by atoms with Crippen LogP contribution in [0.3, 0.4) is 0 Å². The number of alkyl halides is 12. The first-order valence-electron chi connectivity index (χ1n) is 11.0. The van der Waals surface area contributed by atoms with E-state index < -0.39 is 127 Å². The minimum atomic E-state index is -6.72. The van der Waals surface area contributed by atoms with Gasteiger partial charge >= 0.3 is 38.8 Å². The van der Waals surface area contributed by atoms with Crippen LogP contribution < -0.4 is 0 Å². The van der Waals surface area contributed by atoms with Gasteiger partial charge in [0.1, 0.15) is 0 Å². The largest absolute Gasteiger partial charge is 2.00 e. The topological polar surface area (TPSA) is 267 Å². The number of halogens is 12. The van der Waals surface area contributed by atoms with Crippen molar-refractivity contribution < 1.29 is 128 Å². The van der Waals surface area contributed by atoms with Crippen LogP contribution >= 0.6 is 0 Å². The van der Waals surface area contributed by atoms with Crippen LogP contribution in [-0.2, 0) is 122 Å². The summed E-state index contributed by atoms with van der Waals surface area (Å²) in [5.41, 5.74) is -24.8. The van der Waals surface area contributed by atoms with Gasteiger partial charge in [-0.1, -0.05) is 0 Å². The third-order valence-electron chi connectivity index (χ3n) is 1.56. The molecular weight excluding hydrogens is 1050 g/mol. The molecule has 0 saturated carbocycles. The summed E-state index contributed by atoms with van der Waals surface area (Å²) in [7, 11) is -30.6. The molecule has 0 aliphatic heterocycles. The van der Waals surface area contributed by atoms with Gasteiger partial charge in [-0.15, -0.1) is 0 Å². The second kappa shape index (κ2) is 33.1. The van der Waals surface area contributed by atoms with E-state index in [2.05, 4.69) is 0 Å². The molecule has 0 aromatic rings. The number of rotatable bonds is 4. The molecule has 16 nitrogen and oxygen atoms in total. The molecule has 0 bridgehead atoms. The van der Waals surface area contributed by atoms with E-state index in [-0.39, 0.29) is 16.8 Å². The molecule has 0 rings (SSSR count). The van der Waals surface area contributed by atoms with E-state index in [1.807, 2.05) is 0 Å². The van der Waals surface area contributed by atoms with Crippen molar-refractivity contribution in [2.75, 3.05) is 75.1 Å². The minimum absolute atomic E-state index is 0. The van der Waals surface area contributed by atoms with Gasteiger partial charge in [0.25, 0.3) is 0 Å². The van der Waals surface area contributed by atoms with E-state index in [1.165, 1.54) is 0 Å². The first-order valence-corrected chi connectivity index (χ1v) is 28.6. The van der Waals surface area contributed by atoms with Crippen molar-refractivity contribution in [1.29, 1.82) is 0 Å². The van der Waals surface area contributed by atoms with Crippen LogP contribution in [0.1, 0.15) is 0 Å². The molecule has 0 amide bonds. The summed E-state index contributed by atoms with van der Waals surface area (Å²) in [6.07, 6.45) is 19.7. The van der Waals surface area contributed by atoms with Crippen LogP contribution in [0.4, 0.5) is 52.7 Å². The summed E-state index contributed by atoms with van der Waals surface area (Å²) in [5.74, 6) is 0. The standard InChI is InChI=1S/2C2F6NO4S2.6C2H6OS.Co/c2*3-1(4,5)14(10,11)9-15(12,13)2(6,7)8;6*1-4(2)3;/h;;6*1-2H3;/q2*-1;;;;;;;+2. The van der Waals surface area contributed by atoms with Crippen molar-refractivity contribution in [3.8, 4) is 0 Å². The summed E-state index contributed by atoms with van der Waals surface area (Å²) < 4.78 is 276. The van der Waals surface area contributed by atoms with Crippen LogP contribution in [-0.4, -0.2) is 156 Å². The Bertz CT molecular complexity index is 1360. The van der Waals surface area contributed by atoms with Gasteiger partial charge in [-0.3, -0.25) is 25.3 Å². The number of hydrogen-bond donors (Lipinski definition) is 0. The molecule has 0 aliphatic carbocycles. The quantitative estimate of drug-likeness (QED) is 0.365. The van der Waals surface area contributed by atoms with E-state index in [0.29, 0.717) is 0 Å². The van der Waals surface area contributed by atoms with Gasteiger partial charge in [-0.05, 0) is 0 Å². The monoisotopic (exact) mass is 1090 g/mol. The number of hydrogen-bond acceptors (Lipinski definition) is 14. The molecule has 0 unspecified atom stereocenters. The van der Waals surface area contributed by atoms with Gasteiger partial charge in [0.15, 0.2) is 40.1 Å². The molecule has 0 N–H and O–H groups in total. The van der Waals surface area contributed by atoms with Crippen molar-refractivity contribution in [3.63, 3.8) is 0 Å². The molecule has 55 heavy (non-hydrogen) atoms. The van der Waals surface area contributed by atoms with E-state index in [4.69, 9.17) is 0 Å². The van der Waals surface area contributed by atoms with Crippen LogP contribution in [0, 0.1) is 0 Å². The Morgan fingerprint density at radius 3 is 0.382 bits per heavy atom. The Hall–Kier alpha value is 0.286. The predicted molar refractivity (Wildman–Crippen MR) is 187 cm³/mol. The van der Waals surface area contributed by atoms with Gasteiger partial charge in [0.2, 0.25) is 0 Å². The average Bonchev–Trinajstić information content (AvgIpc) is 2.72. The molecule has 0 heterocycles. The Balaban J connectivity index is -0.0000000692. The fourth-order valence-corrected chi connectivity index (χ4v) is 3.85. The van der Waals surface area contributed by atoms with E-state index in [1.54, 1.807) is 75.1 Å². The molecule has 0 spiro atoms.